The number of urea groups is 1. The lowest BCUT2D eigenvalue weighted by Crippen LogP contribution is -2.51. The lowest BCUT2D eigenvalue weighted by Gasteiger charge is -2.35. The van der Waals surface area contributed by atoms with Crippen LogP contribution in [0.3, 0.4) is 0 Å². The molecular weight excluding hydrogens is 268 g/mol. The Morgan fingerprint density at radius 1 is 1.19 bits per heavy atom. The number of nitrogens with one attached hydrogen (secondary N) is 2. The van der Waals surface area contributed by atoms with E-state index in [0.717, 1.165) is 32.2 Å². The molecule has 3 amide bonds. The average Bonchev–Trinajstić information content (AvgIpc) is 2.34. The van der Waals surface area contributed by atoms with E-state index in [1.165, 1.54) is 0 Å². The normalized spacial score (nSPS) is 23.0. The Bertz CT molecular complexity index is 357. The van der Waals surface area contributed by atoms with Gasteiger partial charge < -0.3 is 11.1 Å². The third-order valence-corrected chi connectivity index (χ3v) is 3.75. The first-order valence-corrected chi connectivity index (χ1v) is 7.83. The highest BCUT2D eigenvalue weighted by atomic mass is 16.2. The largest absolute Gasteiger partial charge is 0.333 e. The van der Waals surface area contributed by atoms with E-state index in [9.17, 15) is 9.59 Å². The van der Waals surface area contributed by atoms with E-state index in [2.05, 4.69) is 15.5 Å². The number of nitrogens with two attached hydrogens (primary N) is 1. The van der Waals surface area contributed by atoms with Crippen molar-refractivity contribution in [2.24, 2.45) is 5.73 Å². The van der Waals surface area contributed by atoms with Crippen LogP contribution >= 0.6 is 0 Å². The molecular formula is C15H30N4O2. The summed E-state index contributed by atoms with van der Waals surface area (Å²) in [5, 5.41) is 5.11. The van der Waals surface area contributed by atoms with Crippen LogP contribution in [0.5, 0.6) is 0 Å². The lowest BCUT2D eigenvalue weighted by atomic mass is 9.91. The second-order valence-electron chi connectivity index (χ2n) is 6.88. The Morgan fingerprint density at radius 3 is 2.24 bits per heavy atom. The SMILES string of the molecule is CCN(CC(=O)NC(=O)NC(C)(C)C)C1CCC(N)CC1. The van der Waals surface area contributed by atoms with E-state index >= 15 is 0 Å². The van der Waals surface area contributed by atoms with Crippen molar-refractivity contribution in [1.29, 1.82) is 0 Å². The van der Waals surface area contributed by atoms with Crippen LogP contribution in [-0.4, -0.2) is 47.6 Å². The van der Waals surface area contributed by atoms with Crippen molar-refractivity contribution < 1.29 is 9.59 Å². The van der Waals surface area contributed by atoms with Gasteiger partial charge in [-0.2, -0.15) is 0 Å². The van der Waals surface area contributed by atoms with Crippen molar-refractivity contribution in [2.45, 2.75) is 71.0 Å². The first kappa shape index (κ1) is 17.9. The monoisotopic (exact) mass is 298 g/mol. The summed E-state index contributed by atoms with van der Waals surface area (Å²) in [6.07, 6.45) is 4.06. The predicted octanol–water partition coefficient (Wildman–Crippen LogP) is 1.20. The van der Waals surface area contributed by atoms with E-state index in [4.69, 9.17) is 5.73 Å². The van der Waals surface area contributed by atoms with Gasteiger partial charge in [0.25, 0.3) is 0 Å². The third kappa shape index (κ3) is 6.91. The molecule has 1 rings (SSSR count). The van der Waals surface area contributed by atoms with Crippen LogP contribution in [0.1, 0.15) is 53.4 Å². The number of hydrogen-bond donors (Lipinski definition) is 3. The van der Waals surface area contributed by atoms with Crippen molar-refractivity contribution in [3.05, 3.63) is 0 Å². The maximum atomic E-state index is 12.0. The molecule has 6 heteroatoms. The molecule has 21 heavy (non-hydrogen) atoms. The zero-order valence-electron chi connectivity index (χ0n) is 13.7. The summed E-state index contributed by atoms with van der Waals surface area (Å²) < 4.78 is 0. The lowest BCUT2D eigenvalue weighted by molar-refractivity contribution is -0.121. The Hall–Kier alpha value is -1.14. The molecule has 4 N–H and O–H groups in total. The van der Waals surface area contributed by atoms with Crippen LogP contribution < -0.4 is 16.4 Å². The molecule has 0 heterocycles. The van der Waals surface area contributed by atoms with E-state index < -0.39 is 6.03 Å². The van der Waals surface area contributed by atoms with E-state index in [0.29, 0.717) is 12.1 Å². The highest BCUT2D eigenvalue weighted by molar-refractivity contribution is 5.95. The van der Waals surface area contributed by atoms with Crippen molar-refractivity contribution in [1.82, 2.24) is 15.5 Å². The summed E-state index contributed by atoms with van der Waals surface area (Å²) >= 11 is 0. The smallest absolute Gasteiger partial charge is 0.321 e. The maximum Gasteiger partial charge on any atom is 0.321 e. The van der Waals surface area contributed by atoms with E-state index in [1.54, 1.807) is 0 Å². The number of carbonyl (C=O) groups is 2. The van der Waals surface area contributed by atoms with Gasteiger partial charge in [0.15, 0.2) is 0 Å². The van der Waals surface area contributed by atoms with Crippen molar-refractivity contribution >= 4 is 11.9 Å². The fourth-order valence-corrected chi connectivity index (χ4v) is 2.69. The number of rotatable bonds is 4. The van der Waals surface area contributed by atoms with Gasteiger partial charge in [0.05, 0.1) is 6.54 Å². The Labute approximate surface area is 127 Å². The van der Waals surface area contributed by atoms with Gasteiger partial charge in [0, 0.05) is 17.6 Å². The topological polar surface area (TPSA) is 87.5 Å². The van der Waals surface area contributed by atoms with E-state index in [-0.39, 0.29) is 18.0 Å². The maximum absolute atomic E-state index is 12.0. The van der Waals surface area contributed by atoms with E-state index in [1.807, 2.05) is 27.7 Å². The molecule has 0 bridgehead atoms. The second kappa shape index (κ2) is 7.75. The zero-order valence-corrected chi connectivity index (χ0v) is 13.7. The molecule has 0 aromatic rings. The fourth-order valence-electron chi connectivity index (χ4n) is 2.69. The molecule has 0 saturated heterocycles. The molecule has 6 nitrogen and oxygen atoms in total. The first-order valence-electron chi connectivity index (χ1n) is 7.83. The Morgan fingerprint density at radius 2 is 1.76 bits per heavy atom. The van der Waals surface area contributed by atoms with Crippen LogP contribution in [0.25, 0.3) is 0 Å². The van der Waals surface area contributed by atoms with Crippen LogP contribution in [0, 0.1) is 0 Å². The molecule has 0 spiro atoms. The third-order valence-electron chi connectivity index (χ3n) is 3.75. The van der Waals surface area contributed by atoms with Crippen molar-refractivity contribution in [2.75, 3.05) is 13.1 Å². The number of imide groups is 1. The van der Waals surface area contributed by atoms with Crippen molar-refractivity contribution in [3.63, 3.8) is 0 Å². The summed E-state index contributed by atoms with van der Waals surface area (Å²) in [5.41, 5.74) is 5.56. The standard InChI is InChI=1S/C15H30N4O2/c1-5-19(12-8-6-11(16)7-9-12)10-13(20)17-14(21)18-15(2,3)4/h11-12H,5-10,16H2,1-4H3,(H2,17,18,20,21). The van der Waals surface area contributed by atoms with Gasteiger partial charge in [0.2, 0.25) is 5.91 Å². The summed E-state index contributed by atoms with van der Waals surface area (Å²) in [6, 6.07) is 0.256. The van der Waals surface area contributed by atoms with Crippen LogP contribution in [0.2, 0.25) is 0 Å². The van der Waals surface area contributed by atoms with Crippen molar-refractivity contribution in [3.8, 4) is 0 Å². The van der Waals surface area contributed by atoms with Gasteiger partial charge in [-0.25, -0.2) is 4.79 Å². The minimum absolute atomic E-state index is 0.256. The highest BCUT2D eigenvalue weighted by Gasteiger charge is 2.25. The number of nitrogens with zero attached hydrogens (tertiary/aromatic N) is 1. The second-order valence-corrected chi connectivity index (χ2v) is 6.88. The van der Waals surface area contributed by atoms with Gasteiger partial charge in [0.1, 0.15) is 0 Å². The van der Waals surface area contributed by atoms with Gasteiger partial charge in [-0.3, -0.25) is 15.0 Å². The fraction of sp³-hybridized carbons (Fsp3) is 0.867. The molecule has 1 aliphatic carbocycles. The number of carbonyl (C=O) groups excluding carboxylic acids is 2. The molecule has 0 atom stereocenters. The van der Waals surface area contributed by atoms with Gasteiger partial charge in [-0.05, 0) is 53.0 Å². The molecule has 0 aliphatic heterocycles. The summed E-state index contributed by atoms with van der Waals surface area (Å²) in [7, 11) is 0. The molecule has 1 saturated carbocycles. The average molecular weight is 298 g/mol. The zero-order chi connectivity index (χ0) is 16.0. The number of hydrogen-bond acceptors (Lipinski definition) is 4. The molecule has 0 aromatic heterocycles. The minimum atomic E-state index is -0.436. The van der Waals surface area contributed by atoms with Gasteiger partial charge >= 0.3 is 6.03 Å². The van der Waals surface area contributed by atoms with Crippen LogP contribution in [-0.2, 0) is 4.79 Å². The molecule has 0 radical (unpaired) electrons. The summed E-state index contributed by atoms with van der Waals surface area (Å²) in [4.78, 5) is 25.8. The number of amides is 3. The number of likely N-dealkylation sites (N-methyl/N-ethyl adjacent to an activating group) is 1. The molecule has 0 aromatic carbocycles. The summed E-state index contributed by atoms with van der Waals surface area (Å²) in [5.74, 6) is -0.256. The van der Waals surface area contributed by atoms with Crippen LogP contribution in [0.4, 0.5) is 4.79 Å². The Kier molecular flexibility index (Phi) is 6.61. The quantitative estimate of drug-likeness (QED) is 0.728. The van der Waals surface area contributed by atoms with Gasteiger partial charge in [-0.15, -0.1) is 0 Å². The predicted molar refractivity (Wildman–Crippen MR) is 83.9 cm³/mol. The summed E-state index contributed by atoms with van der Waals surface area (Å²) in [6.45, 7) is 8.72. The molecule has 1 fully saturated rings. The minimum Gasteiger partial charge on any atom is -0.333 e. The Balaban J connectivity index is 2.42. The first-order chi connectivity index (χ1) is 9.71. The molecule has 0 unspecified atom stereocenters. The molecule has 1 aliphatic rings. The highest BCUT2D eigenvalue weighted by Crippen LogP contribution is 2.21. The van der Waals surface area contributed by atoms with Crippen LogP contribution in [0.15, 0.2) is 0 Å². The van der Waals surface area contributed by atoms with Gasteiger partial charge in [-0.1, -0.05) is 6.92 Å². The molecule has 122 valence electrons.